The Labute approximate surface area is 210 Å². The molecule has 0 aliphatic carbocycles. The molecule has 1 nitrogen and oxygen atoms in total. The van der Waals surface area contributed by atoms with Crippen molar-refractivity contribution in [1.29, 1.82) is 0 Å². The molecule has 1 heterocycles. The zero-order valence-electron chi connectivity index (χ0n) is 18.7. The van der Waals surface area contributed by atoms with Gasteiger partial charge in [0, 0.05) is 6.20 Å². The monoisotopic (exact) mass is 603 g/mol. The van der Waals surface area contributed by atoms with Gasteiger partial charge in [0.2, 0.25) is 0 Å². The van der Waals surface area contributed by atoms with Crippen molar-refractivity contribution in [2.45, 2.75) is 13.8 Å². The van der Waals surface area contributed by atoms with Gasteiger partial charge in [-0.2, -0.15) is 36.4 Å². The van der Waals surface area contributed by atoms with Crippen molar-refractivity contribution in [1.82, 2.24) is 4.98 Å². The van der Waals surface area contributed by atoms with E-state index in [4.69, 9.17) is 0 Å². The summed E-state index contributed by atoms with van der Waals surface area (Å²) in [6.45, 7) is 4.17. The molecule has 0 saturated carbocycles. The van der Waals surface area contributed by atoms with Crippen LogP contribution in [0.1, 0.15) is 11.1 Å². The minimum atomic E-state index is 0. The maximum absolute atomic E-state index is 4.32. The summed E-state index contributed by atoms with van der Waals surface area (Å²) in [6.07, 6.45) is 1.87. The maximum Gasteiger partial charge on any atom is 3.00 e. The van der Waals surface area contributed by atoms with Gasteiger partial charge in [0.25, 0.3) is 0 Å². The first-order chi connectivity index (χ1) is 15.7. The predicted molar refractivity (Wildman–Crippen MR) is 133 cm³/mol. The Morgan fingerprint density at radius 2 is 1.30 bits per heavy atom. The molecule has 2 heteroatoms. The minimum absolute atomic E-state index is 0. The summed E-state index contributed by atoms with van der Waals surface area (Å²) in [5.74, 6) is 0. The van der Waals surface area contributed by atoms with E-state index in [1.54, 1.807) is 0 Å². The van der Waals surface area contributed by atoms with Crippen LogP contribution in [0.25, 0.3) is 33.5 Å². The molecule has 33 heavy (non-hydrogen) atoms. The van der Waals surface area contributed by atoms with Crippen molar-refractivity contribution in [3.05, 3.63) is 139 Å². The van der Waals surface area contributed by atoms with E-state index in [1.807, 2.05) is 67.7 Å². The molecule has 0 radical (unpaired) electrons. The fourth-order valence-corrected chi connectivity index (χ4v) is 3.42. The Hall–Kier alpha value is -3.32. The van der Waals surface area contributed by atoms with Crippen LogP contribution in [0.4, 0.5) is 0 Å². The van der Waals surface area contributed by atoms with Crippen LogP contribution in [0.5, 0.6) is 0 Å². The molecule has 1 aromatic heterocycles. The molecule has 0 bridgehead atoms. The summed E-state index contributed by atoms with van der Waals surface area (Å²) in [5, 5.41) is 0. The molecule has 0 N–H and O–H groups in total. The molecule has 0 aliphatic rings. The van der Waals surface area contributed by atoms with E-state index in [-0.39, 0.29) is 20.1 Å². The second-order valence-corrected chi connectivity index (χ2v) is 7.58. The van der Waals surface area contributed by atoms with Gasteiger partial charge in [0.05, 0.1) is 0 Å². The van der Waals surface area contributed by atoms with E-state index in [0.29, 0.717) is 0 Å². The van der Waals surface area contributed by atoms with Crippen LogP contribution in [-0.4, -0.2) is 4.98 Å². The number of benzene rings is 4. The van der Waals surface area contributed by atoms with E-state index in [0.717, 1.165) is 22.4 Å². The van der Waals surface area contributed by atoms with E-state index in [2.05, 4.69) is 78.6 Å². The molecule has 0 atom stereocenters. The van der Waals surface area contributed by atoms with Gasteiger partial charge in [0.15, 0.2) is 0 Å². The van der Waals surface area contributed by atoms with E-state index in [1.165, 1.54) is 22.3 Å². The van der Waals surface area contributed by atoms with Crippen molar-refractivity contribution < 1.29 is 20.1 Å². The van der Waals surface area contributed by atoms with E-state index >= 15 is 0 Å². The zero-order chi connectivity index (χ0) is 22.2. The average Bonchev–Trinajstić information content (AvgIpc) is 2.86. The standard InChI is InChI=1S/C19H14.C12H10N.Ir/c1-15-14-18(16-8-4-2-5-9-16)12-13-19(15)17-10-6-3-7-11-17;1-10-7-8-12(13-9-10)11-5-3-2-4-6-11;/h2-8,10-11,13-14H,1H3;2-5,7-9H,1H3;/q-2;-1;+3. The van der Waals surface area contributed by atoms with Gasteiger partial charge in [-0.15, -0.1) is 53.6 Å². The van der Waals surface area contributed by atoms with Gasteiger partial charge >= 0.3 is 20.1 Å². The van der Waals surface area contributed by atoms with Crippen LogP contribution in [0.3, 0.4) is 0 Å². The third-order valence-corrected chi connectivity index (χ3v) is 5.14. The Balaban J connectivity index is 0.000000192. The molecule has 0 amide bonds. The Bertz CT molecular complexity index is 1250. The zero-order valence-corrected chi connectivity index (χ0v) is 21.1. The molecule has 4 aromatic carbocycles. The quantitative estimate of drug-likeness (QED) is 0.192. The summed E-state index contributed by atoms with van der Waals surface area (Å²) in [5.41, 5.74) is 9.12. The fourth-order valence-electron chi connectivity index (χ4n) is 3.42. The summed E-state index contributed by atoms with van der Waals surface area (Å²) in [4.78, 5) is 4.32. The summed E-state index contributed by atoms with van der Waals surface area (Å²) >= 11 is 0. The average molecular weight is 603 g/mol. The molecule has 0 aliphatic heterocycles. The number of pyridine rings is 1. The van der Waals surface area contributed by atoms with Crippen LogP contribution in [0, 0.1) is 32.0 Å². The largest absolute Gasteiger partial charge is 3.00 e. The topological polar surface area (TPSA) is 12.9 Å². The predicted octanol–water partition coefficient (Wildman–Crippen LogP) is 7.78. The summed E-state index contributed by atoms with van der Waals surface area (Å²) < 4.78 is 0. The van der Waals surface area contributed by atoms with Crippen LogP contribution in [-0.2, 0) is 20.1 Å². The number of nitrogens with zero attached hydrogens (tertiary/aromatic N) is 1. The van der Waals surface area contributed by atoms with Gasteiger partial charge in [-0.25, -0.2) is 11.1 Å². The Morgan fingerprint density at radius 1 is 0.636 bits per heavy atom. The fraction of sp³-hybridized carbons (Fsp3) is 0.0645. The maximum atomic E-state index is 4.32. The van der Waals surface area contributed by atoms with E-state index < -0.39 is 0 Å². The van der Waals surface area contributed by atoms with Gasteiger partial charge in [0.1, 0.15) is 0 Å². The first kappa shape index (κ1) is 24.3. The molecule has 0 fully saturated rings. The first-order valence-corrected chi connectivity index (χ1v) is 10.7. The van der Waals surface area contributed by atoms with Gasteiger partial charge < -0.3 is 4.98 Å². The van der Waals surface area contributed by atoms with E-state index in [9.17, 15) is 0 Å². The molecule has 162 valence electrons. The third-order valence-electron chi connectivity index (χ3n) is 5.14. The minimum Gasteiger partial charge on any atom is -0.304 e. The van der Waals surface area contributed by atoms with Crippen LogP contribution < -0.4 is 0 Å². The number of rotatable bonds is 3. The number of hydrogen-bond acceptors (Lipinski definition) is 1. The van der Waals surface area contributed by atoms with Crippen LogP contribution in [0.15, 0.2) is 109 Å². The number of aryl methyl sites for hydroxylation is 2. The second kappa shape index (κ2) is 12.1. The Kier molecular flexibility index (Phi) is 8.89. The SMILES string of the molecule is Cc1cc(-c2[c-]cccc2)[c-]cc1-c1ccccc1.Cc1ccc(-c2[c-]cccc2)nc1.[Ir+3]. The van der Waals surface area contributed by atoms with Gasteiger partial charge in [-0.1, -0.05) is 60.5 Å². The molecule has 0 spiro atoms. The van der Waals surface area contributed by atoms with Crippen LogP contribution >= 0.6 is 0 Å². The second-order valence-electron chi connectivity index (χ2n) is 7.58. The van der Waals surface area contributed by atoms with Gasteiger partial charge in [-0.3, -0.25) is 0 Å². The summed E-state index contributed by atoms with van der Waals surface area (Å²) in [7, 11) is 0. The molecular weight excluding hydrogens is 579 g/mol. The molecule has 0 unspecified atom stereocenters. The number of hydrogen-bond donors (Lipinski definition) is 0. The molecular formula is C31H24IrN. The smallest absolute Gasteiger partial charge is 0.304 e. The molecule has 5 rings (SSSR count). The third kappa shape index (κ3) is 6.58. The van der Waals surface area contributed by atoms with Gasteiger partial charge in [-0.05, 0) is 18.2 Å². The first-order valence-electron chi connectivity index (χ1n) is 10.7. The van der Waals surface area contributed by atoms with Crippen LogP contribution in [0.2, 0.25) is 0 Å². The van der Waals surface area contributed by atoms with Crippen molar-refractivity contribution in [2.75, 3.05) is 0 Å². The summed E-state index contributed by atoms with van der Waals surface area (Å²) in [6, 6.07) is 44.4. The van der Waals surface area contributed by atoms with Crippen molar-refractivity contribution in [3.63, 3.8) is 0 Å². The van der Waals surface area contributed by atoms with Crippen molar-refractivity contribution in [2.24, 2.45) is 0 Å². The normalized spacial score (nSPS) is 9.88. The van der Waals surface area contributed by atoms with Crippen molar-refractivity contribution in [3.8, 4) is 33.5 Å². The molecule has 0 saturated heterocycles. The van der Waals surface area contributed by atoms with Crippen molar-refractivity contribution >= 4 is 0 Å². The number of aromatic nitrogens is 1. The Morgan fingerprint density at radius 3 is 1.88 bits per heavy atom. The molecule has 5 aromatic rings.